The van der Waals surface area contributed by atoms with Crippen LogP contribution in [0.4, 0.5) is 0 Å². The average molecular weight is 256 g/mol. The Morgan fingerprint density at radius 3 is 2.56 bits per heavy atom. The van der Waals surface area contributed by atoms with Gasteiger partial charge in [-0.05, 0) is 12.8 Å². The molecule has 18 heavy (non-hydrogen) atoms. The van der Waals surface area contributed by atoms with Gasteiger partial charge in [0, 0.05) is 58.7 Å². The number of carbonyl (C=O) groups excluding carboxylic acids is 1. The maximum absolute atomic E-state index is 11.2. The van der Waals surface area contributed by atoms with E-state index in [9.17, 15) is 9.90 Å². The first kappa shape index (κ1) is 13.8. The van der Waals surface area contributed by atoms with Gasteiger partial charge in [-0.3, -0.25) is 4.79 Å². The molecule has 2 fully saturated rings. The number of rotatable bonds is 3. The van der Waals surface area contributed by atoms with Crippen LogP contribution in [0.5, 0.6) is 0 Å². The quantitative estimate of drug-likeness (QED) is 0.753. The van der Waals surface area contributed by atoms with Gasteiger partial charge in [-0.1, -0.05) is 0 Å². The second kappa shape index (κ2) is 5.99. The highest BCUT2D eigenvalue weighted by Gasteiger charge is 2.31. The minimum absolute atomic E-state index is 0.163. The van der Waals surface area contributed by atoms with Crippen molar-refractivity contribution in [2.45, 2.75) is 44.2 Å². The van der Waals surface area contributed by atoms with E-state index in [4.69, 9.17) is 4.74 Å². The van der Waals surface area contributed by atoms with E-state index in [0.29, 0.717) is 38.6 Å². The normalized spacial score (nSPS) is 25.1. The van der Waals surface area contributed by atoms with Crippen molar-refractivity contribution >= 4 is 5.91 Å². The van der Waals surface area contributed by atoms with Crippen LogP contribution in [0.25, 0.3) is 0 Å². The molecule has 0 spiro atoms. The summed E-state index contributed by atoms with van der Waals surface area (Å²) in [6.07, 6.45) is 3.39. The predicted octanol–water partition coefficient (Wildman–Crippen LogP) is 0.128. The third-order valence-electron chi connectivity index (χ3n) is 4.08. The lowest BCUT2D eigenvalue weighted by Gasteiger charge is -2.36. The van der Waals surface area contributed by atoms with Gasteiger partial charge >= 0.3 is 0 Å². The van der Waals surface area contributed by atoms with Crippen LogP contribution in [0.2, 0.25) is 0 Å². The summed E-state index contributed by atoms with van der Waals surface area (Å²) in [7, 11) is 0. The van der Waals surface area contributed by atoms with Crippen LogP contribution in [0, 0.1) is 0 Å². The zero-order valence-corrected chi connectivity index (χ0v) is 11.2. The Balaban J connectivity index is 1.70. The molecule has 2 aliphatic rings. The summed E-state index contributed by atoms with van der Waals surface area (Å²) in [6, 6.07) is 0.424. The zero-order valence-electron chi connectivity index (χ0n) is 11.2. The maximum atomic E-state index is 11.2. The molecule has 0 bridgehead atoms. The van der Waals surface area contributed by atoms with Crippen molar-refractivity contribution in [2.24, 2.45) is 0 Å². The number of piperidine rings is 1. The summed E-state index contributed by atoms with van der Waals surface area (Å²) in [5.41, 5.74) is -0.601. The molecule has 0 aromatic rings. The van der Waals surface area contributed by atoms with Gasteiger partial charge < -0.3 is 20.1 Å². The fourth-order valence-corrected chi connectivity index (χ4v) is 2.66. The van der Waals surface area contributed by atoms with Crippen LogP contribution >= 0.6 is 0 Å². The van der Waals surface area contributed by atoms with Crippen molar-refractivity contribution in [2.75, 3.05) is 32.8 Å². The molecule has 0 atom stereocenters. The molecule has 2 aliphatic heterocycles. The van der Waals surface area contributed by atoms with Gasteiger partial charge in [-0.2, -0.15) is 0 Å². The Morgan fingerprint density at radius 2 is 2.00 bits per heavy atom. The minimum atomic E-state index is -0.601. The van der Waals surface area contributed by atoms with Crippen molar-refractivity contribution in [1.29, 1.82) is 0 Å². The smallest absolute Gasteiger partial charge is 0.219 e. The second-order valence-corrected chi connectivity index (χ2v) is 5.50. The van der Waals surface area contributed by atoms with Crippen molar-refractivity contribution in [3.05, 3.63) is 0 Å². The van der Waals surface area contributed by atoms with Crippen LogP contribution in [0.15, 0.2) is 0 Å². The molecule has 0 saturated carbocycles. The third-order valence-corrected chi connectivity index (χ3v) is 4.08. The summed E-state index contributed by atoms with van der Waals surface area (Å²) < 4.78 is 5.27. The number of aliphatic hydroxyl groups is 1. The van der Waals surface area contributed by atoms with E-state index >= 15 is 0 Å². The molecule has 2 rings (SSSR count). The Hall–Kier alpha value is -0.650. The highest BCUT2D eigenvalue weighted by atomic mass is 16.5. The fraction of sp³-hybridized carbons (Fsp3) is 0.923. The lowest BCUT2D eigenvalue weighted by Crippen LogP contribution is -2.51. The van der Waals surface area contributed by atoms with Gasteiger partial charge in [-0.25, -0.2) is 0 Å². The standard InChI is InChI=1S/C13H24N2O3/c1-11(16)15-6-2-12(3-7-15)14-10-13(17)4-8-18-9-5-13/h12,14,17H,2-10H2,1H3. The number of carbonyl (C=O) groups is 1. The first-order chi connectivity index (χ1) is 8.59. The van der Waals surface area contributed by atoms with Gasteiger partial charge in [0.15, 0.2) is 0 Å². The molecule has 1 amide bonds. The fourth-order valence-electron chi connectivity index (χ4n) is 2.66. The molecule has 2 N–H and O–H groups in total. The Labute approximate surface area is 108 Å². The molecular formula is C13H24N2O3. The van der Waals surface area contributed by atoms with E-state index in [1.165, 1.54) is 0 Å². The first-order valence-corrected chi connectivity index (χ1v) is 6.88. The van der Waals surface area contributed by atoms with Crippen molar-refractivity contribution in [1.82, 2.24) is 10.2 Å². The lowest BCUT2D eigenvalue weighted by atomic mass is 9.93. The van der Waals surface area contributed by atoms with Crippen molar-refractivity contribution < 1.29 is 14.6 Å². The topological polar surface area (TPSA) is 61.8 Å². The molecular weight excluding hydrogens is 232 g/mol. The largest absolute Gasteiger partial charge is 0.388 e. The number of nitrogens with zero attached hydrogens (tertiary/aromatic N) is 1. The number of likely N-dealkylation sites (tertiary alicyclic amines) is 1. The van der Waals surface area contributed by atoms with Gasteiger partial charge in [0.05, 0.1) is 5.60 Å². The zero-order chi connectivity index (χ0) is 13.0. The van der Waals surface area contributed by atoms with E-state index in [-0.39, 0.29) is 5.91 Å². The molecule has 2 heterocycles. The highest BCUT2D eigenvalue weighted by molar-refractivity contribution is 5.73. The van der Waals surface area contributed by atoms with E-state index in [1.807, 2.05) is 4.90 Å². The number of hydrogen-bond acceptors (Lipinski definition) is 4. The van der Waals surface area contributed by atoms with E-state index < -0.39 is 5.60 Å². The Kier molecular flexibility index (Phi) is 4.59. The Bertz CT molecular complexity index is 282. The third kappa shape index (κ3) is 3.67. The molecule has 0 aliphatic carbocycles. The summed E-state index contributed by atoms with van der Waals surface area (Å²) in [4.78, 5) is 13.1. The van der Waals surface area contributed by atoms with Crippen LogP contribution in [0.1, 0.15) is 32.6 Å². The molecule has 0 aromatic carbocycles. The SMILES string of the molecule is CC(=O)N1CCC(NCC2(O)CCOCC2)CC1. The minimum Gasteiger partial charge on any atom is -0.388 e. The number of amides is 1. The lowest BCUT2D eigenvalue weighted by molar-refractivity contribution is -0.130. The van der Waals surface area contributed by atoms with Gasteiger partial charge in [0.2, 0.25) is 5.91 Å². The average Bonchev–Trinajstić information content (AvgIpc) is 2.38. The highest BCUT2D eigenvalue weighted by Crippen LogP contribution is 2.20. The van der Waals surface area contributed by atoms with Crippen molar-refractivity contribution in [3.63, 3.8) is 0 Å². The van der Waals surface area contributed by atoms with E-state index in [1.54, 1.807) is 6.92 Å². The summed E-state index contributed by atoms with van der Waals surface area (Å²) >= 11 is 0. The van der Waals surface area contributed by atoms with Gasteiger partial charge in [0.1, 0.15) is 0 Å². The predicted molar refractivity (Wildman–Crippen MR) is 68.3 cm³/mol. The molecule has 0 unspecified atom stereocenters. The summed E-state index contributed by atoms with van der Waals surface area (Å²) in [5.74, 6) is 0.163. The van der Waals surface area contributed by atoms with Crippen LogP contribution in [-0.2, 0) is 9.53 Å². The monoisotopic (exact) mass is 256 g/mol. The summed E-state index contributed by atoms with van der Waals surface area (Å²) in [5, 5.41) is 13.8. The van der Waals surface area contributed by atoms with Crippen molar-refractivity contribution in [3.8, 4) is 0 Å². The maximum Gasteiger partial charge on any atom is 0.219 e. The van der Waals surface area contributed by atoms with Crippen LogP contribution in [-0.4, -0.2) is 60.4 Å². The number of hydrogen-bond donors (Lipinski definition) is 2. The number of ether oxygens (including phenoxy) is 1. The Morgan fingerprint density at radius 1 is 1.39 bits per heavy atom. The van der Waals surface area contributed by atoms with E-state index in [2.05, 4.69) is 5.32 Å². The molecule has 0 radical (unpaired) electrons. The van der Waals surface area contributed by atoms with Crippen LogP contribution in [0.3, 0.4) is 0 Å². The molecule has 5 nitrogen and oxygen atoms in total. The molecule has 5 heteroatoms. The molecule has 104 valence electrons. The first-order valence-electron chi connectivity index (χ1n) is 6.88. The second-order valence-electron chi connectivity index (χ2n) is 5.50. The van der Waals surface area contributed by atoms with Gasteiger partial charge in [-0.15, -0.1) is 0 Å². The van der Waals surface area contributed by atoms with E-state index in [0.717, 1.165) is 25.9 Å². The van der Waals surface area contributed by atoms with Crippen LogP contribution < -0.4 is 5.32 Å². The summed E-state index contributed by atoms with van der Waals surface area (Å²) in [6.45, 7) is 5.23. The molecule has 0 aromatic heterocycles. The molecule has 2 saturated heterocycles. The van der Waals surface area contributed by atoms with Gasteiger partial charge in [0.25, 0.3) is 0 Å². The number of nitrogens with one attached hydrogen (secondary N) is 1.